The molecule has 1 atom stereocenters. The normalized spacial score (nSPS) is 12.5. The van der Waals surface area contributed by atoms with E-state index in [1.54, 1.807) is 0 Å². The molecule has 1 amide bonds. The Morgan fingerprint density at radius 3 is 2.87 bits per heavy atom. The van der Waals surface area contributed by atoms with Gasteiger partial charge < -0.3 is 16.0 Å². The average molecular weight is 332 g/mol. The summed E-state index contributed by atoms with van der Waals surface area (Å²) in [6.07, 6.45) is 0. The highest BCUT2D eigenvalue weighted by atomic mass is 35.5. The number of nitrogens with one attached hydrogen (secondary N) is 3. The first-order chi connectivity index (χ1) is 11.0. The van der Waals surface area contributed by atoms with Crippen molar-refractivity contribution < 1.29 is 4.79 Å². The van der Waals surface area contributed by atoms with Crippen LogP contribution in [0, 0.1) is 13.8 Å². The zero-order valence-electron chi connectivity index (χ0n) is 12.9. The fourth-order valence-electron chi connectivity index (χ4n) is 2.70. The molecule has 1 aromatic carbocycles. The number of carbonyl (C=O) groups is 1. The maximum Gasteiger partial charge on any atom is 0.241 e. The third-order valence-corrected chi connectivity index (χ3v) is 4.11. The van der Waals surface area contributed by atoms with Gasteiger partial charge in [-0.25, -0.2) is 0 Å². The van der Waals surface area contributed by atoms with E-state index in [4.69, 9.17) is 17.3 Å². The lowest BCUT2D eigenvalue weighted by molar-refractivity contribution is -0.122. The Bertz CT molecular complexity index is 847. The maximum absolute atomic E-state index is 12.3. The minimum absolute atomic E-state index is 0.241. The van der Waals surface area contributed by atoms with E-state index in [0.29, 0.717) is 11.6 Å². The number of rotatable bonds is 4. The van der Waals surface area contributed by atoms with Crippen LogP contribution in [0.5, 0.6) is 0 Å². The summed E-state index contributed by atoms with van der Waals surface area (Å²) in [6, 6.07) is 6.83. The minimum Gasteiger partial charge on any atom is -0.357 e. The van der Waals surface area contributed by atoms with E-state index in [2.05, 4.69) is 20.5 Å². The average Bonchev–Trinajstić information content (AvgIpc) is 3.06. The van der Waals surface area contributed by atoms with Gasteiger partial charge in [-0.1, -0.05) is 11.6 Å². The van der Waals surface area contributed by atoms with Gasteiger partial charge in [0.2, 0.25) is 5.91 Å². The minimum atomic E-state index is -0.743. The third-order valence-electron chi connectivity index (χ3n) is 3.87. The first-order valence-electron chi connectivity index (χ1n) is 7.27. The monoisotopic (exact) mass is 331 g/mol. The Morgan fingerprint density at radius 1 is 1.39 bits per heavy atom. The molecule has 3 rings (SSSR count). The summed E-state index contributed by atoms with van der Waals surface area (Å²) in [5, 5.41) is 11.4. The van der Waals surface area contributed by atoms with Crippen LogP contribution in [-0.4, -0.2) is 21.1 Å². The van der Waals surface area contributed by atoms with Crippen molar-refractivity contribution in [3.8, 4) is 0 Å². The Labute approximate surface area is 138 Å². The van der Waals surface area contributed by atoms with Crippen LogP contribution >= 0.6 is 11.6 Å². The van der Waals surface area contributed by atoms with Gasteiger partial charge in [0.25, 0.3) is 0 Å². The maximum atomic E-state index is 12.3. The highest BCUT2D eigenvalue weighted by molar-refractivity contribution is 6.31. The molecule has 7 heteroatoms. The summed E-state index contributed by atoms with van der Waals surface area (Å²) < 4.78 is 0. The zero-order chi connectivity index (χ0) is 16.6. The van der Waals surface area contributed by atoms with E-state index in [1.165, 1.54) is 0 Å². The summed E-state index contributed by atoms with van der Waals surface area (Å²) in [4.78, 5) is 15.5. The van der Waals surface area contributed by atoms with Crippen LogP contribution in [0.25, 0.3) is 10.9 Å². The van der Waals surface area contributed by atoms with Crippen molar-refractivity contribution in [1.29, 1.82) is 0 Å². The van der Waals surface area contributed by atoms with E-state index in [-0.39, 0.29) is 5.91 Å². The molecule has 6 nitrogen and oxygen atoms in total. The number of halogens is 1. The van der Waals surface area contributed by atoms with Crippen LogP contribution in [0.3, 0.4) is 0 Å². The van der Waals surface area contributed by atoms with Gasteiger partial charge in [-0.3, -0.25) is 9.89 Å². The molecule has 0 aliphatic heterocycles. The lowest BCUT2D eigenvalue weighted by atomic mass is 10.1. The van der Waals surface area contributed by atoms with Gasteiger partial charge in [-0.05, 0) is 38.1 Å². The number of amides is 1. The fraction of sp³-hybridized carbons (Fsp3) is 0.250. The zero-order valence-corrected chi connectivity index (χ0v) is 13.7. The van der Waals surface area contributed by atoms with E-state index >= 15 is 0 Å². The van der Waals surface area contributed by atoms with Crippen LogP contribution in [0.4, 0.5) is 0 Å². The molecule has 2 heterocycles. The summed E-state index contributed by atoms with van der Waals surface area (Å²) in [7, 11) is 0. The van der Waals surface area contributed by atoms with Crippen LogP contribution in [0.2, 0.25) is 5.02 Å². The van der Waals surface area contributed by atoms with Gasteiger partial charge in [-0.15, -0.1) is 0 Å². The molecule has 0 spiro atoms. The molecule has 0 unspecified atom stereocenters. The largest absolute Gasteiger partial charge is 0.357 e. The lowest BCUT2D eigenvalue weighted by Crippen LogP contribution is -2.34. The second-order valence-electron chi connectivity index (χ2n) is 5.57. The quantitative estimate of drug-likeness (QED) is 0.591. The van der Waals surface area contributed by atoms with Crippen LogP contribution in [0.15, 0.2) is 24.3 Å². The number of fused-ring (bicyclic) bond motifs is 1. The standard InChI is InChI=1S/C16H18ClN5O/c1-8-14(9(2)22-21-8)15(18)16(23)19-7-12-6-10-5-11(17)3-4-13(10)20-12/h3-6,15,20H,7,18H2,1-2H3,(H,19,23)(H,21,22)/t15-/m1/s1. The summed E-state index contributed by atoms with van der Waals surface area (Å²) >= 11 is 5.97. The smallest absolute Gasteiger partial charge is 0.241 e. The van der Waals surface area contributed by atoms with E-state index < -0.39 is 6.04 Å². The van der Waals surface area contributed by atoms with Crippen LogP contribution in [-0.2, 0) is 11.3 Å². The van der Waals surface area contributed by atoms with Gasteiger partial charge in [0.05, 0.1) is 12.2 Å². The van der Waals surface area contributed by atoms with Gasteiger partial charge in [-0.2, -0.15) is 5.10 Å². The Kier molecular flexibility index (Phi) is 4.11. The van der Waals surface area contributed by atoms with Gasteiger partial charge >= 0.3 is 0 Å². The molecule has 23 heavy (non-hydrogen) atoms. The Morgan fingerprint density at radius 2 is 2.17 bits per heavy atom. The molecule has 3 aromatic rings. The number of nitrogens with zero attached hydrogens (tertiary/aromatic N) is 1. The van der Waals surface area contributed by atoms with Crippen molar-refractivity contribution >= 4 is 28.4 Å². The lowest BCUT2D eigenvalue weighted by Gasteiger charge is -2.12. The highest BCUT2D eigenvalue weighted by Crippen LogP contribution is 2.21. The first-order valence-corrected chi connectivity index (χ1v) is 7.65. The van der Waals surface area contributed by atoms with Gasteiger partial charge in [0.15, 0.2) is 0 Å². The molecule has 120 valence electrons. The summed E-state index contributed by atoms with van der Waals surface area (Å²) in [6.45, 7) is 4.05. The van der Waals surface area contributed by atoms with E-state index in [0.717, 1.165) is 33.5 Å². The van der Waals surface area contributed by atoms with E-state index in [9.17, 15) is 4.79 Å². The van der Waals surface area contributed by atoms with Crippen molar-refractivity contribution in [2.75, 3.05) is 0 Å². The summed E-state index contributed by atoms with van der Waals surface area (Å²) in [5.74, 6) is -0.241. The number of hydrogen-bond acceptors (Lipinski definition) is 3. The molecular weight excluding hydrogens is 314 g/mol. The molecule has 2 aromatic heterocycles. The second kappa shape index (κ2) is 6.06. The topological polar surface area (TPSA) is 99.6 Å². The molecule has 5 N–H and O–H groups in total. The van der Waals surface area contributed by atoms with Crippen LogP contribution < -0.4 is 11.1 Å². The molecular formula is C16H18ClN5O. The number of aromatic amines is 2. The number of nitrogens with two attached hydrogens (primary N) is 1. The fourth-order valence-corrected chi connectivity index (χ4v) is 2.88. The first kappa shape index (κ1) is 15.6. The summed E-state index contributed by atoms with van der Waals surface area (Å²) in [5.41, 5.74) is 10.2. The van der Waals surface area contributed by atoms with Crippen molar-refractivity contribution in [3.05, 3.63) is 51.9 Å². The molecule has 0 saturated carbocycles. The predicted molar refractivity (Wildman–Crippen MR) is 90.1 cm³/mol. The number of aryl methyl sites for hydroxylation is 2. The number of H-pyrrole nitrogens is 2. The second-order valence-corrected chi connectivity index (χ2v) is 6.01. The molecule has 0 saturated heterocycles. The molecule has 0 aliphatic rings. The van der Waals surface area contributed by atoms with Crippen LogP contribution in [0.1, 0.15) is 28.7 Å². The highest BCUT2D eigenvalue weighted by Gasteiger charge is 2.21. The molecule has 0 radical (unpaired) electrons. The van der Waals surface area contributed by atoms with Crippen molar-refractivity contribution in [1.82, 2.24) is 20.5 Å². The number of carbonyl (C=O) groups excluding carboxylic acids is 1. The van der Waals surface area contributed by atoms with E-state index in [1.807, 2.05) is 38.1 Å². The van der Waals surface area contributed by atoms with Crippen molar-refractivity contribution in [2.24, 2.45) is 5.73 Å². The van der Waals surface area contributed by atoms with Gasteiger partial charge in [0, 0.05) is 32.9 Å². The SMILES string of the molecule is Cc1n[nH]c(C)c1[C@@H](N)C(=O)NCc1cc2cc(Cl)ccc2[nH]1. The Balaban J connectivity index is 1.70. The predicted octanol–water partition coefficient (Wildman–Crippen LogP) is 2.48. The molecule has 0 bridgehead atoms. The number of hydrogen-bond donors (Lipinski definition) is 4. The number of aromatic nitrogens is 3. The molecule has 0 fully saturated rings. The Hall–Kier alpha value is -2.31. The number of benzene rings is 1. The third kappa shape index (κ3) is 3.09. The molecule has 0 aliphatic carbocycles. The van der Waals surface area contributed by atoms with Gasteiger partial charge in [0.1, 0.15) is 6.04 Å². The van der Waals surface area contributed by atoms with Crippen molar-refractivity contribution in [3.63, 3.8) is 0 Å². The van der Waals surface area contributed by atoms with Crippen molar-refractivity contribution in [2.45, 2.75) is 26.4 Å².